The van der Waals surface area contributed by atoms with E-state index in [1.54, 1.807) is 35.0 Å². The summed E-state index contributed by atoms with van der Waals surface area (Å²) in [5.41, 5.74) is 0.231. The van der Waals surface area contributed by atoms with Gasteiger partial charge in [0, 0.05) is 0 Å². The molecule has 0 aliphatic heterocycles. The molecule has 0 aromatic carbocycles. The SMILES string of the molecule is CC1[CH-]CCC(C)C1C.CC1[CH-]CCCC1C.CCC(C)(C)[N]=[Nb].C[N-]C. The largest absolute Gasteiger partial charge is 0.668 e. The summed E-state index contributed by atoms with van der Waals surface area (Å²) in [6.45, 7) is 18.2. The van der Waals surface area contributed by atoms with Crippen LogP contribution in [-0.4, -0.2) is 19.6 Å². The Balaban J connectivity index is 0. The number of hydrogen-bond acceptors (Lipinski definition) is 1. The normalized spacial score (nSPS) is 30.3. The summed E-state index contributed by atoms with van der Waals surface area (Å²) in [6.07, 6.45) is 13.0. The molecule has 5 unspecified atom stereocenters. The average Bonchev–Trinajstić information content (AvgIpc) is 2.64. The molecule has 0 bridgehead atoms. The first kappa shape index (κ1) is 29.7. The molecule has 0 heterocycles. The predicted octanol–water partition coefficient (Wildman–Crippen LogP) is 8.06. The van der Waals surface area contributed by atoms with E-state index < -0.39 is 0 Å². The molecule has 0 aromatic heterocycles. The van der Waals surface area contributed by atoms with Gasteiger partial charge in [-0.2, -0.15) is 38.8 Å². The standard InChI is InChI=1S/C9H17.C8H15.C5H11N.C2H6N.Nb/c1-7-5-4-6-8(2)9(7)3;1-7-5-3-4-6-8(7)2;1-4-5(2,3)6;1-3-2;/h5,7-9H,4,6H2,1-3H3;5,7-8H,3-4,6H2,1-2H3;4H2,1-3H3;1-2H3;/q2*-1;;-1;. The van der Waals surface area contributed by atoms with Gasteiger partial charge < -0.3 is 18.2 Å². The first-order valence-electron chi connectivity index (χ1n) is 11.1. The molecule has 5 atom stereocenters. The Morgan fingerprint density at radius 3 is 1.70 bits per heavy atom. The zero-order valence-electron chi connectivity index (χ0n) is 20.1. The maximum atomic E-state index is 4.19. The van der Waals surface area contributed by atoms with Crippen LogP contribution >= 0.6 is 0 Å². The van der Waals surface area contributed by atoms with Crippen molar-refractivity contribution < 1.29 is 20.9 Å². The topological polar surface area (TPSA) is 26.5 Å². The van der Waals surface area contributed by atoms with Crippen molar-refractivity contribution in [1.29, 1.82) is 0 Å². The van der Waals surface area contributed by atoms with Crippen molar-refractivity contribution in [1.82, 2.24) is 0 Å². The van der Waals surface area contributed by atoms with E-state index in [-0.39, 0.29) is 5.54 Å². The Morgan fingerprint density at radius 2 is 1.44 bits per heavy atom. The van der Waals surface area contributed by atoms with E-state index in [1.807, 2.05) is 0 Å². The van der Waals surface area contributed by atoms with Crippen molar-refractivity contribution in [3.8, 4) is 0 Å². The van der Waals surface area contributed by atoms with Gasteiger partial charge in [0.15, 0.2) is 0 Å². The molecule has 2 nitrogen and oxygen atoms in total. The number of hydrogen-bond donors (Lipinski definition) is 0. The summed E-state index contributed by atoms with van der Waals surface area (Å²) in [5, 5.41) is 3.50. The molecule has 3 heteroatoms. The third-order valence-electron chi connectivity index (χ3n) is 6.32. The second-order valence-corrected chi connectivity index (χ2v) is 9.72. The van der Waals surface area contributed by atoms with Crippen LogP contribution < -0.4 is 0 Å². The van der Waals surface area contributed by atoms with Crippen LogP contribution in [0, 0.1) is 42.4 Å². The smallest absolute Gasteiger partial charge is 0.162 e. The molecule has 2 saturated carbocycles. The van der Waals surface area contributed by atoms with Crippen LogP contribution in [0.2, 0.25) is 0 Å². The van der Waals surface area contributed by atoms with Crippen LogP contribution in [0.5, 0.6) is 0 Å². The molecule has 0 N–H and O–H groups in total. The minimum absolute atomic E-state index is 0.231. The summed E-state index contributed by atoms with van der Waals surface area (Å²) in [5.74, 6) is 4.55. The summed E-state index contributed by atoms with van der Waals surface area (Å²) in [6, 6.07) is 0. The molecule has 0 amide bonds. The monoisotopic (exact) mass is 458 g/mol. The molecule has 2 fully saturated rings. The minimum atomic E-state index is 0.231. The summed E-state index contributed by atoms with van der Waals surface area (Å²) in [4.78, 5) is 0. The van der Waals surface area contributed by atoms with Crippen molar-refractivity contribution in [3.05, 3.63) is 18.2 Å². The Bertz CT molecular complexity index is 323. The van der Waals surface area contributed by atoms with Crippen LogP contribution in [0.25, 0.3) is 5.32 Å². The molecule has 163 valence electrons. The van der Waals surface area contributed by atoms with Crippen molar-refractivity contribution in [2.24, 2.45) is 32.9 Å². The van der Waals surface area contributed by atoms with Gasteiger partial charge in [-0.25, -0.2) is 0 Å². The van der Waals surface area contributed by atoms with Gasteiger partial charge in [-0.15, -0.1) is 0 Å². The average molecular weight is 459 g/mol. The second-order valence-electron chi connectivity index (χ2n) is 9.22. The van der Waals surface area contributed by atoms with Gasteiger partial charge in [0.2, 0.25) is 0 Å². The van der Waals surface area contributed by atoms with E-state index in [0.717, 1.165) is 36.0 Å². The molecule has 0 aromatic rings. The predicted molar refractivity (Wildman–Crippen MR) is 120 cm³/mol. The van der Waals surface area contributed by atoms with Gasteiger partial charge in [-0.3, -0.25) is 0 Å². The maximum absolute atomic E-state index is 4.19. The van der Waals surface area contributed by atoms with Gasteiger partial charge in [-0.1, -0.05) is 65.7 Å². The molecule has 2 rings (SSSR count). The van der Waals surface area contributed by atoms with E-state index in [0.29, 0.717) is 0 Å². The molecule has 0 radical (unpaired) electrons. The van der Waals surface area contributed by atoms with Gasteiger partial charge in [0.25, 0.3) is 0 Å². The van der Waals surface area contributed by atoms with E-state index in [4.69, 9.17) is 0 Å². The molecule has 0 spiro atoms. The fraction of sp³-hybridized carbons (Fsp3) is 0.917. The van der Waals surface area contributed by atoms with Gasteiger partial charge >= 0.3 is 57.0 Å². The zero-order chi connectivity index (χ0) is 21.5. The van der Waals surface area contributed by atoms with E-state index in [9.17, 15) is 0 Å². The van der Waals surface area contributed by atoms with Crippen LogP contribution in [0.15, 0.2) is 3.34 Å². The van der Waals surface area contributed by atoms with Gasteiger partial charge in [0.05, 0.1) is 0 Å². The van der Waals surface area contributed by atoms with Crippen molar-refractivity contribution in [2.45, 2.75) is 99.5 Å². The molecule has 2 aliphatic carbocycles. The van der Waals surface area contributed by atoms with Gasteiger partial charge in [-0.05, 0) is 5.92 Å². The fourth-order valence-electron chi connectivity index (χ4n) is 3.00. The molecular weight excluding hydrogens is 409 g/mol. The Morgan fingerprint density at radius 1 is 0.926 bits per heavy atom. The maximum Gasteiger partial charge on any atom is -0.162 e. The summed E-state index contributed by atoms with van der Waals surface area (Å²) < 4.78 is 4.19. The Hall–Kier alpha value is 0.500. The van der Waals surface area contributed by atoms with Gasteiger partial charge in [0.1, 0.15) is 0 Å². The number of rotatable bonds is 2. The van der Waals surface area contributed by atoms with Crippen LogP contribution in [0.1, 0.15) is 93.9 Å². The minimum Gasteiger partial charge on any atom is -0.668 e. The second kappa shape index (κ2) is 17.4. The van der Waals surface area contributed by atoms with Crippen LogP contribution in [0.4, 0.5) is 0 Å². The first-order valence-corrected chi connectivity index (χ1v) is 12.0. The van der Waals surface area contributed by atoms with Crippen molar-refractivity contribution in [3.63, 3.8) is 0 Å². The van der Waals surface area contributed by atoms with Crippen molar-refractivity contribution in [2.75, 3.05) is 14.1 Å². The molecule has 0 saturated heterocycles. The third kappa shape index (κ3) is 16.0. The third-order valence-corrected chi connectivity index (χ3v) is 7.65. The Labute approximate surface area is 185 Å². The van der Waals surface area contributed by atoms with E-state index >= 15 is 0 Å². The van der Waals surface area contributed by atoms with Crippen LogP contribution in [0.3, 0.4) is 0 Å². The van der Waals surface area contributed by atoms with E-state index in [2.05, 4.69) is 76.9 Å². The summed E-state index contributed by atoms with van der Waals surface area (Å²) in [7, 11) is 3.50. The molecule has 2 aliphatic rings. The van der Waals surface area contributed by atoms with Crippen molar-refractivity contribution >= 4 is 0 Å². The van der Waals surface area contributed by atoms with E-state index in [1.165, 1.54) is 32.1 Å². The molecular formula is C24H49N2Nb-3. The zero-order valence-corrected chi connectivity index (χ0v) is 22.3. The quantitative estimate of drug-likeness (QED) is 0.295. The molecule has 27 heavy (non-hydrogen) atoms. The van der Waals surface area contributed by atoms with Crippen LogP contribution in [-0.2, 0) is 20.9 Å². The first-order chi connectivity index (χ1) is 12.6. The summed E-state index contributed by atoms with van der Waals surface area (Å²) >= 11 is 1.55. The number of nitrogens with zero attached hydrogens (tertiary/aromatic N) is 2. The fourth-order valence-corrected chi connectivity index (χ4v) is 3.35. The Kier molecular flexibility index (Phi) is 19.1.